The van der Waals surface area contributed by atoms with Gasteiger partial charge in [0, 0.05) is 12.7 Å². The van der Waals surface area contributed by atoms with Crippen molar-refractivity contribution in [3.63, 3.8) is 0 Å². The van der Waals surface area contributed by atoms with Gasteiger partial charge in [0.1, 0.15) is 5.75 Å². The van der Waals surface area contributed by atoms with E-state index in [1.165, 1.54) is 36.8 Å². The van der Waals surface area contributed by atoms with Gasteiger partial charge in [-0.15, -0.1) is 0 Å². The van der Waals surface area contributed by atoms with Gasteiger partial charge in [0.15, 0.2) is 0 Å². The molecule has 0 radical (unpaired) electrons. The lowest BCUT2D eigenvalue weighted by molar-refractivity contribution is 0.279. The quantitative estimate of drug-likeness (QED) is 0.844. The first-order chi connectivity index (χ1) is 9.36. The second kappa shape index (κ2) is 5.57. The number of hydrogen-bond donors (Lipinski definition) is 1. The van der Waals surface area contributed by atoms with Crippen molar-refractivity contribution in [3.8, 4) is 5.75 Å². The Morgan fingerprint density at radius 2 is 2.32 bits per heavy atom. The molecule has 0 bridgehead atoms. The van der Waals surface area contributed by atoms with Gasteiger partial charge in [-0.25, -0.2) is 0 Å². The minimum Gasteiger partial charge on any atom is -0.464 e. The van der Waals surface area contributed by atoms with Crippen LogP contribution >= 0.6 is 0 Å². The van der Waals surface area contributed by atoms with Crippen molar-refractivity contribution in [2.45, 2.75) is 19.3 Å². The van der Waals surface area contributed by atoms with E-state index in [9.17, 15) is 0 Å². The van der Waals surface area contributed by atoms with Gasteiger partial charge in [-0.3, -0.25) is 4.98 Å². The molecule has 2 aliphatic rings. The first-order valence-electron chi connectivity index (χ1n) is 7.01. The van der Waals surface area contributed by atoms with E-state index in [-0.39, 0.29) is 0 Å². The molecule has 1 aliphatic heterocycles. The molecule has 1 aromatic rings. The molecule has 19 heavy (non-hydrogen) atoms. The van der Waals surface area contributed by atoms with E-state index in [1.54, 1.807) is 6.20 Å². The number of pyridine rings is 1. The predicted molar refractivity (Wildman–Crippen MR) is 76.7 cm³/mol. The largest absolute Gasteiger partial charge is 0.464 e. The summed E-state index contributed by atoms with van der Waals surface area (Å²) in [6, 6.07) is 2.05. The zero-order valence-electron chi connectivity index (χ0n) is 11.1. The molecule has 2 unspecified atom stereocenters. The van der Waals surface area contributed by atoms with Crippen LogP contribution in [0.4, 0.5) is 0 Å². The van der Waals surface area contributed by atoms with E-state index in [0.29, 0.717) is 5.92 Å². The lowest BCUT2D eigenvalue weighted by Gasteiger charge is -2.34. The fourth-order valence-electron chi connectivity index (χ4n) is 3.17. The Bertz CT molecular complexity index is 495. The molecular weight excluding hydrogens is 236 g/mol. The fourth-order valence-corrected chi connectivity index (χ4v) is 3.17. The summed E-state index contributed by atoms with van der Waals surface area (Å²) in [5.41, 5.74) is 2.59. The van der Waals surface area contributed by atoms with Crippen LogP contribution < -0.4 is 10.1 Å². The van der Waals surface area contributed by atoms with E-state index in [0.717, 1.165) is 24.6 Å². The highest BCUT2D eigenvalue weighted by Gasteiger charge is 2.27. The normalized spacial score (nSPS) is 26.2. The van der Waals surface area contributed by atoms with Gasteiger partial charge in [0.2, 0.25) is 0 Å². The number of allylic oxidation sites excluding steroid dienone is 1. The molecule has 2 heterocycles. The summed E-state index contributed by atoms with van der Waals surface area (Å²) in [6.45, 7) is 5.87. The van der Waals surface area contributed by atoms with Crippen molar-refractivity contribution >= 4 is 5.57 Å². The molecule has 1 saturated heterocycles. The van der Waals surface area contributed by atoms with Gasteiger partial charge in [-0.2, -0.15) is 0 Å². The molecule has 3 nitrogen and oxygen atoms in total. The molecule has 0 aromatic carbocycles. The monoisotopic (exact) mass is 256 g/mol. The van der Waals surface area contributed by atoms with Crippen molar-refractivity contribution < 1.29 is 4.74 Å². The summed E-state index contributed by atoms with van der Waals surface area (Å²) < 4.78 is 5.31. The lowest BCUT2D eigenvalue weighted by Crippen LogP contribution is -2.37. The summed E-state index contributed by atoms with van der Waals surface area (Å²) in [6.07, 6.45) is 11.3. The SMILES string of the molecule is C=COc1cncc(C2=CC3CNCCC3CC2)c1. The predicted octanol–water partition coefficient (Wildman–Crippen LogP) is 3.01. The molecule has 1 fully saturated rings. The average Bonchev–Trinajstić information content (AvgIpc) is 2.47. The summed E-state index contributed by atoms with van der Waals surface area (Å²) in [5, 5.41) is 3.49. The second-order valence-electron chi connectivity index (χ2n) is 5.34. The van der Waals surface area contributed by atoms with Crippen LogP contribution in [-0.4, -0.2) is 18.1 Å². The zero-order chi connectivity index (χ0) is 13.1. The highest BCUT2D eigenvalue weighted by atomic mass is 16.5. The Kier molecular flexibility index (Phi) is 3.65. The lowest BCUT2D eigenvalue weighted by atomic mass is 9.76. The van der Waals surface area contributed by atoms with Gasteiger partial charge < -0.3 is 10.1 Å². The van der Waals surface area contributed by atoms with Gasteiger partial charge >= 0.3 is 0 Å². The Hall–Kier alpha value is -1.61. The fraction of sp³-hybridized carbons (Fsp3) is 0.438. The van der Waals surface area contributed by atoms with Gasteiger partial charge in [0.25, 0.3) is 0 Å². The van der Waals surface area contributed by atoms with E-state index in [2.05, 4.69) is 29.0 Å². The summed E-state index contributed by atoms with van der Waals surface area (Å²) in [4.78, 5) is 4.25. The van der Waals surface area contributed by atoms with Gasteiger partial charge in [0.05, 0.1) is 12.5 Å². The molecule has 0 amide bonds. The maximum Gasteiger partial charge on any atom is 0.145 e. The third kappa shape index (κ3) is 2.71. The first-order valence-corrected chi connectivity index (χ1v) is 7.01. The number of rotatable bonds is 3. The Labute approximate surface area is 114 Å². The third-order valence-corrected chi connectivity index (χ3v) is 4.18. The summed E-state index contributed by atoms with van der Waals surface area (Å²) in [5.74, 6) is 2.31. The van der Waals surface area contributed by atoms with Crippen molar-refractivity contribution in [1.82, 2.24) is 10.3 Å². The van der Waals surface area contributed by atoms with Crippen molar-refractivity contribution in [2.75, 3.05) is 13.1 Å². The molecule has 1 aromatic heterocycles. The van der Waals surface area contributed by atoms with Gasteiger partial charge in [-0.1, -0.05) is 12.7 Å². The molecule has 0 spiro atoms. The smallest absolute Gasteiger partial charge is 0.145 e. The second-order valence-corrected chi connectivity index (χ2v) is 5.34. The molecule has 0 saturated carbocycles. The van der Waals surface area contributed by atoms with E-state index in [4.69, 9.17) is 4.74 Å². The minimum atomic E-state index is 0.682. The number of aromatic nitrogens is 1. The number of hydrogen-bond acceptors (Lipinski definition) is 3. The molecule has 2 atom stereocenters. The van der Waals surface area contributed by atoms with Crippen molar-refractivity contribution in [1.29, 1.82) is 0 Å². The highest BCUT2D eigenvalue weighted by Crippen LogP contribution is 2.37. The van der Waals surface area contributed by atoms with Crippen LogP contribution in [0.5, 0.6) is 5.75 Å². The van der Waals surface area contributed by atoms with Crippen LogP contribution in [0.3, 0.4) is 0 Å². The molecule has 100 valence electrons. The molecule has 3 heteroatoms. The molecule has 1 N–H and O–H groups in total. The Morgan fingerprint density at radius 3 is 3.21 bits per heavy atom. The summed E-state index contributed by atoms with van der Waals surface area (Å²) in [7, 11) is 0. The summed E-state index contributed by atoms with van der Waals surface area (Å²) >= 11 is 0. The van der Waals surface area contributed by atoms with Crippen LogP contribution in [0.25, 0.3) is 5.57 Å². The van der Waals surface area contributed by atoms with Crippen molar-refractivity contribution in [2.24, 2.45) is 11.8 Å². The van der Waals surface area contributed by atoms with E-state index in [1.807, 2.05) is 6.20 Å². The topological polar surface area (TPSA) is 34.1 Å². The van der Waals surface area contributed by atoms with Crippen LogP contribution in [0.15, 0.2) is 37.4 Å². The number of piperidine rings is 1. The van der Waals surface area contributed by atoms with E-state index >= 15 is 0 Å². The first kappa shape index (κ1) is 12.4. The van der Waals surface area contributed by atoms with Crippen LogP contribution in [0.2, 0.25) is 0 Å². The maximum atomic E-state index is 5.31. The Balaban J connectivity index is 1.83. The van der Waals surface area contributed by atoms with Gasteiger partial charge in [-0.05, 0) is 54.8 Å². The van der Waals surface area contributed by atoms with Crippen LogP contribution in [-0.2, 0) is 0 Å². The van der Waals surface area contributed by atoms with E-state index < -0.39 is 0 Å². The number of nitrogens with one attached hydrogen (secondary N) is 1. The minimum absolute atomic E-state index is 0.682. The molecular formula is C16H20N2O. The molecule has 3 rings (SSSR count). The Morgan fingerprint density at radius 1 is 1.37 bits per heavy atom. The van der Waals surface area contributed by atoms with Crippen LogP contribution in [0, 0.1) is 11.8 Å². The number of ether oxygens (including phenoxy) is 1. The maximum absolute atomic E-state index is 5.31. The number of nitrogens with zero attached hydrogens (tertiary/aromatic N) is 1. The highest BCUT2D eigenvalue weighted by molar-refractivity contribution is 5.67. The number of fused-ring (bicyclic) bond motifs is 1. The average molecular weight is 256 g/mol. The molecule has 1 aliphatic carbocycles. The van der Waals surface area contributed by atoms with Crippen molar-refractivity contribution in [3.05, 3.63) is 42.9 Å². The third-order valence-electron chi connectivity index (χ3n) is 4.18. The standard InChI is InChI=1S/C16H20N2O/c1-2-19-16-8-15(10-18-11-16)13-4-3-12-5-6-17-9-14(12)7-13/h2,7-8,10-12,14,17H,1,3-6,9H2. The van der Waals surface area contributed by atoms with Crippen LogP contribution in [0.1, 0.15) is 24.8 Å². The zero-order valence-corrected chi connectivity index (χ0v) is 11.1.